The summed E-state index contributed by atoms with van der Waals surface area (Å²) in [4.78, 5) is 19.9. The van der Waals surface area contributed by atoms with Crippen molar-refractivity contribution in [1.29, 1.82) is 0 Å². The lowest BCUT2D eigenvalue weighted by atomic mass is 10.2. The molecular formula is C13H20N4O. The zero-order valence-corrected chi connectivity index (χ0v) is 10.8. The van der Waals surface area contributed by atoms with Crippen molar-refractivity contribution < 1.29 is 4.79 Å². The lowest BCUT2D eigenvalue weighted by molar-refractivity contribution is 0.1000. The predicted molar refractivity (Wildman–Crippen MR) is 71.7 cm³/mol. The van der Waals surface area contributed by atoms with Crippen molar-refractivity contribution >= 4 is 11.7 Å². The third-order valence-electron chi connectivity index (χ3n) is 3.37. The number of pyridine rings is 1. The number of amides is 1. The Bertz CT molecular complexity index is 415. The number of primary amides is 1. The Morgan fingerprint density at radius 2 is 2.22 bits per heavy atom. The highest BCUT2D eigenvalue weighted by molar-refractivity contribution is 5.93. The minimum Gasteiger partial charge on any atom is -0.366 e. The van der Waals surface area contributed by atoms with Gasteiger partial charge in [-0.15, -0.1) is 0 Å². The minimum absolute atomic E-state index is 0.411. The van der Waals surface area contributed by atoms with Crippen LogP contribution in [-0.2, 0) is 0 Å². The van der Waals surface area contributed by atoms with Gasteiger partial charge in [-0.2, -0.15) is 0 Å². The fourth-order valence-corrected chi connectivity index (χ4v) is 2.19. The first kappa shape index (κ1) is 12.8. The maximum atomic E-state index is 11.1. The number of nitrogens with two attached hydrogens (primary N) is 1. The summed E-state index contributed by atoms with van der Waals surface area (Å²) in [6.45, 7) is 4.35. The van der Waals surface area contributed by atoms with Crippen molar-refractivity contribution in [2.24, 2.45) is 5.73 Å². The summed E-state index contributed by atoms with van der Waals surface area (Å²) in [5.74, 6) is 0.386. The van der Waals surface area contributed by atoms with Crippen LogP contribution in [0.25, 0.3) is 0 Å². The lowest BCUT2D eigenvalue weighted by Crippen LogP contribution is -2.31. The highest BCUT2D eigenvalue weighted by Crippen LogP contribution is 2.12. The van der Waals surface area contributed by atoms with E-state index in [-0.39, 0.29) is 0 Å². The molecule has 1 fully saturated rings. The highest BCUT2D eigenvalue weighted by Gasteiger charge is 2.12. The van der Waals surface area contributed by atoms with Crippen LogP contribution < -0.4 is 10.6 Å². The molecule has 1 aromatic rings. The zero-order valence-electron chi connectivity index (χ0n) is 10.8. The van der Waals surface area contributed by atoms with Crippen LogP contribution in [0.15, 0.2) is 18.3 Å². The Labute approximate surface area is 108 Å². The Kier molecular flexibility index (Phi) is 4.15. The molecule has 0 saturated carbocycles. The van der Waals surface area contributed by atoms with Crippen molar-refractivity contribution in [3.05, 3.63) is 23.9 Å². The summed E-state index contributed by atoms with van der Waals surface area (Å²) in [6, 6.07) is 3.38. The number of carbonyl (C=O) groups excluding carboxylic acids is 1. The molecule has 1 aliphatic rings. The number of aromatic nitrogens is 1. The van der Waals surface area contributed by atoms with Gasteiger partial charge in [-0.3, -0.25) is 4.79 Å². The molecule has 2 heterocycles. The molecule has 2 N–H and O–H groups in total. The molecule has 0 atom stereocenters. The van der Waals surface area contributed by atoms with Gasteiger partial charge in [0.1, 0.15) is 5.82 Å². The predicted octanol–water partition coefficient (Wildman–Crippen LogP) is 0.712. The first-order chi connectivity index (χ1) is 8.66. The Hall–Kier alpha value is -1.62. The number of nitrogens with zero attached hydrogens (tertiary/aromatic N) is 3. The lowest BCUT2D eigenvalue weighted by Gasteiger charge is -2.22. The first-order valence-corrected chi connectivity index (χ1v) is 6.36. The molecule has 0 bridgehead atoms. The van der Waals surface area contributed by atoms with Gasteiger partial charge in [-0.25, -0.2) is 4.98 Å². The topological polar surface area (TPSA) is 62.5 Å². The molecule has 1 aliphatic heterocycles. The second-order valence-electron chi connectivity index (χ2n) is 4.74. The molecule has 1 amide bonds. The molecule has 5 heteroatoms. The van der Waals surface area contributed by atoms with Gasteiger partial charge in [0.2, 0.25) is 5.91 Å². The largest absolute Gasteiger partial charge is 0.366 e. The monoisotopic (exact) mass is 248 g/mol. The van der Waals surface area contributed by atoms with Gasteiger partial charge < -0.3 is 15.5 Å². The maximum Gasteiger partial charge on any atom is 0.248 e. The fourth-order valence-electron chi connectivity index (χ4n) is 2.19. The van der Waals surface area contributed by atoms with E-state index in [2.05, 4.69) is 14.8 Å². The number of carbonyl (C=O) groups is 1. The number of likely N-dealkylation sites (N-methyl/N-ethyl adjacent to an activating group) is 1. The van der Waals surface area contributed by atoms with Crippen LogP contribution in [0.2, 0.25) is 0 Å². The van der Waals surface area contributed by atoms with Crippen LogP contribution in [0.4, 0.5) is 5.82 Å². The smallest absolute Gasteiger partial charge is 0.248 e. The Morgan fingerprint density at radius 1 is 1.50 bits per heavy atom. The average molecular weight is 248 g/mol. The molecule has 0 radical (unpaired) electrons. The van der Waals surface area contributed by atoms with Crippen LogP contribution in [-0.4, -0.2) is 49.0 Å². The number of rotatable bonds is 5. The van der Waals surface area contributed by atoms with Crippen LogP contribution in [0.5, 0.6) is 0 Å². The minimum atomic E-state index is -0.411. The Morgan fingerprint density at radius 3 is 2.89 bits per heavy atom. The average Bonchev–Trinajstić information content (AvgIpc) is 2.89. The van der Waals surface area contributed by atoms with Crippen LogP contribution in [0.3, 0.4) is 0 Å². The summed E-state index contributed by atoms with van der Waals surface area (Å²) in [5.41, 5.74) is 5.77. The molecule has 2 rings (SSSR count). The summed E-state index contributed by atoms with van der Waals surface area (Å²) in [5, 5.41) is 0. The standard InChI is InChI=1S/C13H20N4O/c1-16(8-9-17-6-2-3-7-17)12-10-11(13(14)18)4-5-15-12/h4-5,10H,2-3,6-9H2,1H3,(H2,14,18). The molecule has 1 saturated heterocycles. The van der Waals surface area contributed by atoms with Crippen molar-refractivity contribution in [2.75, 3.05) is 38.1 Å². The number of likely N-dealkylation sites (tertiary alicyclic amines) is 1. The Balaban J connectivity index is 1.93. The SMILES string of the molecule is CN(CCN1CCCC1)c1cc(C(N)=O)ccn1. The summed E-state index contributed by atoms with van der Waals surface area (Å²) in [7, 11) is 1.99. The van der Waals surface area contributed by atoms with E-state index in [1.165, 1.54) is 25.9 Å². The van der Waals surface area contributed by atoms with Gasteiger partial charge in [0, 0.05) is 31.9 Å². The third kappa shape index (κ3) is 3.20. The third-order valence-corrected chi connectivity index (χ3v) is 3.37. The van der Waals surface area contributed by atoms with Gasteiger partial charge >= 0.3 is 0 Å². The molecule has 0 aliphatic carbocycles. The van der Waals surface area contributed by atoms with Crippen molar-refractivity contribution in [2.45, 2.75) is 12.8 Å². The zero-order chi connectivity index (χ0) is 13.0. The van der Waals surface area contributed by atoms with Crippen LogP contribution in [0.1, 0.15) is 23.2 Å². The molecule has 98 valence electrons. The number of hydrogen-bond donors (Lipinski definition) is 1. The van der Waals surface area contributed by atoms with Gasteiger partial charge in [0.05, 0.1) is 0 Å². The van der Waals surface area contributed by atoms with E-state index in [1.807, 2.05) is 7.05 Å². The number of anilines is 1. The van der Waals surface area contributed by atoms with Gasteiger partial charge in [-0.1, -0.05) is 0 Å². The van der Waals surface area contributed by atoms with Gasteiger partial charge in [0.15, 0.2) is 0 Å². The molecule has 0 aromatic carbocycles. The summed E-state index contributed by atoms with van der Waals surface area (Å²) in [6.07, 6.45) is 4.24. The van der Waals surface area contributed by atoms with Crippen molar-refractivity contribution in [3.63, 3.8) is 0 Å². The van der Waals surface area contributed by atoms with Crippen molar-refractivity contribution in [1.82, 2.24) is 9.88 Å². The van der Waals surface area contributed by atoms with Crippen LogP contribution in [0, 0.1) is 0 Å². The van der Waals surface area contributed by atoms with E-state index < -0.39 is 5.91 Å². The quantitative estimate of drug-likeness (QED) is 0.833. The molecule has 5 nitrogen and oxygen atoms in total. The number of hydrogen-bond acceptors (Lipinski definition) is 4. The first-order valence-electron chi connectivity index (χ1n) is 6.36. The van der Waals surface area contributed by atoms with Crippen LogP contribution >= 0.6 is 0 Å². The summed E-state index contributed by atoms with van der Waals surface area (Å²) < 4.78 is 0. The molecule has 0 unspecified atom stereocenters. The van der Waals surface area contributed by atoms with E-state index in [1.54, 1.807) is 18.3 Å². The van der Waals surface area contributed by atoms with Gasteiger partial charge in [0.25, 0.3) is 0 Å². The van der Waals surface area contributed by atoms with E-state index in [0.717, 1.165) is 18.9 Å². The van der Waals surface area contributed by atoms with Gasteiger partial charge in [-0.05, 0) is 38.1 Å². The van der Waals surface area contributed by atoms with Crippen molar-refractivity contribution in [3.8, 4) is 0 Å². The van der Waals surface area contributed by atoms with E-state index in [9.17, 15) is 4.79 Å². The second kappa shape index (κ2) is 5.82. The highest BCUT2D eigenvalue weighted by atomic mass is 16.1. The maximum absolute atomic E-state index is 11.1. The van der Waals surface area contributed by atoms with E-state index >= 15 is 0 Å². The second-order valence-corrected chi connectivity index (χ2v) is 4.74. The summed E-state index contributed by atoms with van der Waals surface area (Å²) >= 11 is 0. The van der Waals surface area contributed by atoms with E-state index in [4.69, 9.17) is 5.73 Å². The molecule has 0 spiro atoms. The molecule has 1 aromatic heterocycles. The molecule has 18 heavy (non-hydrogen) atoms. The van der Waals surface area contributed by atoms with E-state index in [0.29, 0.717) is 5.56 Å². The normalized spacial score (nSPS) is 15.8. The molecular weight excluding hydrogens is 228 g/mol. The fraction of sp³-hybridized carbons (Fsp3) is 0.538.